The number of nitrogens with zero attached hydrogens (tertiary/aromatic N) is 2. The zero-order valence-electron chi connectivity index (χ0n) is 9.83. The van der Waals surface area contributed by atoms with E-state index >= 15 is 0 Å². The molecule has 1 heterocycles. The number of rotatable bonds is 2. The van der Waals surface area contributed by atoms with Crippen molar-refractivity contribution in [2.75, 3.05) is 7.11 Å². The summed E-state index contributed by atoms with van der Waals surface area (Å²) in [6.07, 6.45) is 1.39. The van der Waals surface area contributed by atoms with Crippen LogP contribution in [0.5, 0.6) is 5.75 Å². The first kappa shape index (κ1) is 11.0. The summed E-state index contributed by atoms with van der Waals surface area (Å²) in [7, 11) is 1.60. The second-order valence-corrected chi connectivity index (χ2v) is 4.02. The molecule has 2 aromatic carbocycles. The molecule has 0 saturated heterocycles. The van der Waals surface area contributed by atoms with Crippen LogP contribution in [0.25, 0.3) is 0 Å². The maximum atomic E-state index is 12.9. The number of hydrogen-bond acceptors (Lipinski definition) is 3. The highest BCUT2D eigenvalue weighted by molar-refractivity contribution is 5.95. The van der Waals surface area contributed by atoms with Gasteiger partial charge < -0.3 is 9.94 Å². The minimum absolute atomic E-state index is 0.601. The summed E-state index contributed by atoms with van der Waals surface area (Å²) in [4.78, 5) is 4.14. The molecule has 18 heavy (non-hydrogen) atoms. The van der Waals surface area contributed by atoms with Crippen molar-refractivity contribution in [3.63, 3.8) is 0 Å². The van der Waals surface area contributed by atoms with E-state index in [4.69, 9.17) is 4.74 Å². The predicted octanol–water partition coefficient (Wildman–Crippen LogP) is 3.31. The van der Waals surface area contributed by atoms with Crippen LogP contribution in [0.2, 0.25) is 0 Å². The molecule has 0 bridgehead atoms. The number of quaternary nitrogens is 1. The van der Waals surface area contributed by atoms with Gasteiger partial charge in [-0.2, -0.15) is 4.99 Å². The van der Waals surface area contributed by atoms with Gasteiger partial charge in [0.25, 0.3) is 0 Å². The molecule has 1 aliphatic rings. The lowest BCUT2D eigenvalue weighted by atomic mass is 10.2. The van der Waals surface area contributed by atoms with Crippen molar-refractivity contribution < 1.29 is 4.74 Å². The molecular weight excluding hydrogens is 228 g/mol. The van der Waals surface area contributed by atoms with Gasteiger partial charge >= 0.3 is 0 Å². The Kier molecular flexibility index (Phi) is 2.40. The third-order valence-corrected chi connectivity index (χ3v) is 2.99. The first-order chi connectivity index (χ1) is 8.74. The standard InChI is InChI=1S/C14H11N2O2/c1-18-12-8-6-11(7-9-12)16(17)10-15-13-4-2-3-5-14(13)16/h3-10H,1H3. The molecule has 0 aliphatic carbocycles. The average Bonchev–Trinajstić information content (AvgIpc) is 2.78. The topological polar surface area (TPSA) is 44.6 Å². The third-order valence-electron chi connectivity index (χ3n) is 2.99. The fraction of sp³-hybridized carbons (Fsp3) is 0.0714. The van der Waals surface area contributed by atoms with Gasteiger partial charge in [0.15, 0.2) is 5.69 Å². The number of fused-ring (bicyclic) bond motifs is 1. The molecule has 4 heteroatoms. The maximum absolute atomic E-state index is 12.9. The van der Waals surface area contributed by atoms with E-state index in [1.54, 1.807) is 49.6 Å². The molecule has 0 aromatic heterocycles. The van der Waals surface area contributed by atoms with E-state index in [0.717, 1.165) is 5.75 Å². The Hall–Kier alpha value is -2.17. The molecule has 89 valence electrons. The van der Waals surface area contributed by atoms with E-state index in [-0.39, 0.29) is 0 Å². The van der Waals surface area contributed by atoms with Crippen molar-refractivity contribution in [2.45, 2.75) is 0 Å². The van der Waals surface area contributed by atoms with Crippen molar-refractivity contribution in [3.8, 4) is 5.75 Å². The van der Waals surface area contributed by atoms with Crippen LogP contribution in [-0.2, 0) is 0 Å². The van der Waals surface area contributed by atoms with Gasteiger partial charge in [-0.15, -0.1) is 0 Å². The van der Waals surface area contributed by atoms with Gasteiger partial charge in [-0.1, -0.05) is 0 Å². The summed E-state index contributed by atoms with van der Waals surface area (Å²) in [6, 6.07) is 15.2. The second kappa shape index (κ2) is 3.94. The normalized spacial score (nSPS) is 20.8. The molecule has 0 amide bonds. The highest BCUT2D eigenvalue weighted by atomic mass is 16.5. The van der Waals surface area contributed by atoms with E-state index in [1.807, 2.05) is 0 Å². The first-order valence-electron chi connectivity index (χ1n) is 5.54. The Balaban J connectivity index is 2.08. The summed E-state index contributed by atoms with van der Waals surface area (Å²) >= 11 is 0. The third kappa shape index (κ3) is 1.51. The molecular formula is C14H11N2O2. The van der Waals surface area contributed by atoms with E-state index in [1.165, 1.54) is 6.34 Å². The van der Waals surface area contributed by atoms with Crippen LogP contribution in [-0.4, -0.2) is 13.4 Å². The van der Waals surface area contributed by atoms with Crippen LogP contribution in [0.3, 0.4) is 0 Å². The van der Waals surface area contributed by atoms with Crippen LogP contribution >= 0.6 is 0 Å². The van der Waals surface area contributed by atoms with E-state index < -0.39 is 4.65 Å². The molecule has 1 radical (unpaired) electrons. The van der Waals surface area contributed by atoms with Crippen LogP contribution < -0.4 is 9.38 Å². The molecule has 0 N–H and O–H groups in total. The zero-order valence-corrected chi connectivity index (χ0v) is 9.83. The molecule has 0 spiro atoms. The quantitative estimate of drug-likeness (QED) is 0.596. The highest BCUT2D eigenvalue weighted by Gasteiger charge is 2.30. The van der Waals surface area contributed by atoms with Crippen molar-refractivity contribution in [3.05, 3.63) is 53.7 Å². The van der Waals surface area contributed by atoms with Crippen LogP contribution in [0.4, 0.5) is 17.1 Å². The van der Waals surface area contributed by atoms with Crippen LogP contribution in [0.15, 0.2) is 47.5 Å². The second-order valence-electron chi connectivity index (χ2n) is 4.02. The lowest BCUT2D eigenvalue weighted by Crippen LogP contribution is -2.33. The monoisotopic (exact) mass is 239 g/mol. The van der Waals surface area contributed by atoms with Crippen molar-refractivity contribution in [1.82, 2.24) is 4.65 Å². The molecule has 4 nitrogen and oxygen atoms in total. The SMILES string of the molecule is COc1ccc([N+]2([O-])C=Nc3c[c]ccc32)cc1. The van der Waals surface area contributed by atoms with Gasteiger partial charge in [-0.25, -0.2) is 0 Å². The van der Waals surface area contributed by atoms with Crippen molar-refractivity contribution in [1.29, 1.82) is 0 Å². The number of hydroxylamine groups is 1. The Morgan fingerprint density at radius 1 is 1.22 bits per heavy atom. The lowest BCUT2D eigenvalue weighted by Gasteiger charge is -2.33. The largest absolute Gasteiger partial charge is 0.616 e. The van der Waals surface area contributed by atoms with E-state index in [0.29, 0.717) is 17.1 Å². The number of aliphatic imine (C=N–C) groups is 1. The predicted molar refractivity (Wildman–Crippen MR) is 71.2 cm³/mol. The van der Waals surface area contributed by atoms with Crippen molar-refractivity contribution >= 4 is 23.4 Å². The summed E-state index contributed by atoms with van der Waals surface area (Å²) in [6.45, 7) is 0. The zero-order chi connectivity index (χ0) is 12.6. The number of ether oxygens (including phenoxy) is 1. The van der Waals surface area contributed by atoms with Gasteiger partial charge in [0.1, 0.15) is 17.1 Å². The lowest BCUT2D eigenvalue weighted by molar-refractivity contribution is 0.414. The minimum Gasteiger partial charge on any atom is -0.616 e. The Labute approximate surface area is 105 Å². The smallest absolute Gasteiger partial charge is 0.201 e. The molecule has 3 rings (SSSR count). The molecule has 0 saturated carbocycles. The highest BCUT2D eigenvalue weighted by Crippen LogP contribution is 2.43. The number of methoxy groups -OCH3 is 1. The van der Waals surface area contributed by atoms with Gasteiger partial charge in [-0.05, 0) is 30.3 Å². The Morgan fingerprint density at radius 2 is 2.00 bits per heavy atom. The summed E-state index contributed by atoms with van der Waals surface area (Å²) in [5, 5.41) is 12.9. The average molecular weight is 239 g/mol. The molecule has 0 fully saturated rings. The molecule has 1 atom stereocenters. The fourth-order valence-corrected chi connectivity index (χ4v) is 2.01. The van der Waals surface area contributed by atoms with Crippen molar-refractivity contribution in [2.24, 2.45) is 4.99 Å². The Bertz CT molecular complexity index is 607. The van der Waals surface area contributed by atoms with Gasteiger partial charge in [0.05, 0.1) is 7.11 Å². The molecule has 1 unspecified atom stereocenters. The van der Waals surface area contributed by atoms with Crippen LogP contribution in [0.1, 0.15) is 0 Å². The van der Waals surface area contributed by atoms with Gasteiger partial charge in [0.2, 0.25) is 6.34 Å². The van der Waals surface area contributed by atoms with E-state index in [9.17, 15) is 5.21 Å². The molecule has 2 aromatic rings. The number of benzene rings is 2. The number of hydrogen-bond donors (Lipinski definition) is 0. The maximum Gasteiger partial charge on any atom is 0.201 e. The summed E-state index contributed by atoms with van der Waals surface area (Å²) in [5.74, 6) is 0.725. The molecule has 1 aliphatic heterocycles. The first-order valence-corrected chi connectivity index (χ1v) is 5.54. The van der Waals surface area contributed by atoms with Gasteiger partial charge in [-0.3, -0.25) is 4.65 Å². The van der Waals surface area contributed by atoms with E-state index in [2.05, 4.69) is 11.1 Å². The minimum atomic E-state index is -0.673. The summed E-state index contributed by atoms with van der Waals surface area (Å²) < 4.78 is 4.41. The fourth-order valence-electron chi connectivity index (χ4n) is 2.01. The van der Waals surface area contributed by atoms with Gasteiger partial charge in [0, 0.05) is 18.2 Å². The summed E-state index contributed by atoms with van der Waals surface area (Å²) in [5.41, 5.74) is 1.88. The van der Waals surface area contributed by atoms with Crippen LogP contribution in [0, 0.1) is 11.3 Å². The Morgan fingerprint density at radius 3 is 2.72 bits per heavy atom.